The van der Waals surface area contributed by atoms with E-state index in [1.54, 1.807) is 0 Å². The third-order valence-corrected chi connectivity index (χ3v) is 5.28. The Morgan fingerprint density at radius 2 is 1.70 bits per heavy atom. The van der Waals surface area contributed by atoms with Gasteiger partial charge in [-0.1, -0.05) is 34.6 Å². The van der Waals surface area contributed by atoms with E-state index in [0.717, 1.165) is 25.0 Å². The van der Waals surface area contributed by atoms with Crippen LogP contribution in [0.5, 0.6) is 0 Å². The molecular weight excluding hydrogens is 246 g/mol. The summed E-state index contributed by atoms with van der Waals surface area (Å²) in [5, 5.41) is 3.63. The van der Waals surface area contributed by atoms with Gasteiger partial charge in [-0.3, -0.25) is 0 Å². The van der Waals surface area contributed by atoms with Crippen LogP contribution in [0.25, 0.3) is 0 Å². The molecule has 0 spiro atoms. The molecule has 0 aliphatic heterocycles. The minimum atomic E-state index is 0.120. The summed E-state index contributed by atoms with van der Waals surface area (Å²) < 4.78 is 6.44. The monoisotopic (exact) mass is 281 g/mol. The third-order valence-electron chi connectivity index (χ3n) is 5.28. The van der Waals surface area contributed by atoms with Crippen molar-refractivity contribution < 1.29 is 4.74 Å². The Hall–Kier alpha value is -0.0800. The Labute approximate surface area is 126 Å². The molecule has 0 aromatic rings. The quantitative estimate of drug-likeness (QED) is 0.780. The summed E-state index contributed by atoms with van der Waals surface area (Å²) in [4.78, 5) is 0. The minimum Gasteiger partial charge on any atom is -0.373 e. The summed E-state index contributed by atoms with van der Waals surface area (Å²) in [6.45, 7) is 13.7. The maximum absolute atomic E-state index is 6.44. The van der Waals surface area contributed by atoms with Crippen LogP contribution in [0, 0.1) is 17.3 Å². The molecular formula is C18H35NO. The van der Waals surface area contributed by atoms with Crippen LogP contribution in [0.3, 0.4) is 0 Å². The zero-order chi connectivity index (χ0) is 14.8. The van der Waals surface area contributed by atoms with E-state index < -0.39 is 0 Å². The van der Waals surface area contributed by atoms with Crippen LogP contribution in [0.2, 0.25) is 0 Å². The average molecular weight is 281 g/mol. The van der Waals surface area contributed by atoms with Gasteiger partial charge in [0.1, 0.15) is 0 Å². The van der Waals surface area contributed by atoms with E-state index in [0.29, 0.717) is 11.5 Å². The Morgan fingerprint density at radius 1 is 1.10 bits per heavy atom. The second kappa shape index (κ2) is 6.36. The van der Waals surface area contributed by atoms with E-state index in [1.165, 1.54) is 38.5 Å². The van der Waals surface area contributed by atoms with Gasteiger partial charge < -0.3 is 10.1 Å². The van der Waals surface area contributed by atoms with E-state index >= 15 is 0 Å². The Balaban J connectivity index is 1.89. The predicted octanol–water partition coefficient (Wildman–Crippen LogP) is 4.39. The summed E-state index contributed by atoms with van der Waals surface area (Å²) in [6, 6.07) is 0.553. The van der Waals surface area contributed by atoms with Gasteiger partial charge in [-0.2, -0.15) is 0 Å². The summed E-state index contributed by atoms with van der Waals surface area (Å²) in [6.07, 6.45) is 7.90. The lowest BCUT2D eigenvalue weighted by atomic mass is 9.68. The van der Waals surface area contributed by atoms with E-state index in [2.05, 4.69) is 39.9 Å². The van der Waals surface area contributed by atoms with Gasteiger partial charge in [0.25, 0.3) is 0 Å². The Kier molecular flexibility index (Phi) is 5.18. The third kappa shape index (κ3) is 4.73. The van der Waals surface area contributed by atoms with Crippen LogP contribution in [0.15, 0.2) is 0 Å². The van der Waals surface area contributed by atoms with Crippen LogP contribution in [-0.4, -0.2) is 24.8 Å². The first-order valence-corrected chi connectivity index (χ1v) is 8.68. The standard InChI is InChI=1S/C18H35NO/c1-14(2)19-13-18(20-12-15-6-7-15)10-8-16(9-11-18)17(3,4)5/h14-16,19H,6-13H2,1-5H3. The number of hydrogen-bond acceptors (Lipinski definition) is 2. The SMILES string of the molecule is CC(C)NCC1(OCC2CC2)CCC(C(C)(C)C)CC1. The normalized spacial score (nSPS) is 31.8. The fourth-order valence-electron chi connectivity index (χ4n) is 3.35. The highest BCUT2D eigenvalue weighted by atomic mass is 16.5. The molecule has 1 N–H and O–H groups in total. The lowest BCUT2D eigenvalue weighted by Gasteiger charge is -2.44. The first-order chi connectivity index (χ1) is 9.31. The fourth-order valence-corrected chi connectivity index (χ4v) is 3.35. The smallest absolute Gasteiger partial charge is 0.0806 e. The van der Waals surface area contributed by atoms with Crippen molar-refractivity contribution in [3.8, 4) is 0 Å². The number of hydrogen-bond donors (Lipinski definition) is 1. The fraction of sp³-hybridized carbons (Fsp3) is 1.00. The summed E-state index contributed by atoms with van der Waals surface area (Å²) in [5.74, 6) is 1.73. The van der Waals surface area contributed by atoms with Crippen LogP contribution in [0.4, 0.5) is 0 Å². The summed E-state index contributed by atoms with van der Waals surface area (Å²) in [5.41, 5.74) is 0.572. The molecule has 2 saturated carbocycles. The molecule has 2 aliphatic carbocycles. The molecule has 118 valence electrons. The summed E-state index contributed by atoms with van der Waals surface area (Å²) in [7, 11) is 0. The van der Waals surface area contributed by atoms with Gasteiger partial charge in [0.05, 0.1) is 12.2 Å². The molecule has 2 heteroatoms. The Bertz CT molecular complexity index is 285. The molecule has 2 aliphatic rings. The maximum atomic E-state index is 6.44. The molecule has 0 saturated heterocycles. The van der Waals surface area contributed by atoms with E-state index in [4.69, 9.17) is 4.74 Å². The van der Waals surface area contributed by atoms with Crippen molar-refractivity contribution in [2.45, 2.75) is 84.8 Å². The molecule has 0 unspecified atom stereocenters. The molecule has 0 atom stereocenters. The molecule has 0 aromatic carbocycles. The zero-order valence-corrected chi connectivity index (χ0v) is 14.3. The Morgan fingerprint density at radius 3 is 2.15 bits per heavy atom. The van der Waals surface area contributed by atoms with Crippen molar-refractivity contribution in [1.29, 1.82) is 0 Å². The van der Waals surface area contributed by atoms with Crippen LogP contribution < -0.4 is 5.32 Å². The first-order valence-electron chi connectivity index (χ1n) is 8.68. The second-order valence-electron chi connectivity index (χ2n) is 8.61. The summed E-state index contributed by atoms with van der Waals surface area (Å²) >= 11 is 0. The molecule has 0 heterocycles. The molecule has 0 bridgehead atoms. The van der Waals surface area contributed by atoms with Crippen molar-refractivity contribution in [2.75, 3.05) is 13.2 Å². The molecule has 2 fully saturated rings. The predicted molar refractivity (Wildman–Crippen MR) is 86.0 cm³/mol. The highest BCUT2D eigenvalue weighted by molar-refractivity contribution is 4.93. The van der Waals surface area contributed by atoms with Crippen LogP contribution in [-0.2, 0) is 4.74 Å². The van der Waals surface area contributed by atoms with Crippen molar-refractivity contribution in [2.24, 2.45) is 17.3 Å². The topological polar surface area (TPSA) is 21.3 Å². The lowest BCUT2D eigenvalue weighted by molar-refractivity contribution is -0.0890. The van der Waals surface area contributed by atoms with Gasteiger partial charge in [0, 0.05) is 12.6 Å². The molecule has 2 rings (SSSR count). The zero-order valence-electron chi connectivity index (χ0n) is 14.3. The number of rotatable bonds is 6. The minimum absolute atomic E-state index is 0.120. The molecule has 20 heavy (non-hydrogen) atoms. The first kappa shape index (κ1) is 16.3. The van der Waals surface area contributed by atoms with Gasteiger partial charge >= 0.3 is 0 Å². The van der Waals surface area contributed by atoms with E-state index in [1.807, 2.05) is 0 Å². The number of nitrogens with one attached hydrogen (secondary N) is 1. The van der Waals surface area contributed by atoms with Gasteiger partial charge in [-0.15, -0.1) is 0 Å². The van der Waals surface area contributed by atoms with Gasteiger partial charge in [-0.05, 0) is 55.8 Å². The van der Waals surface area contributed by atoms with E-state index in [-0.39, 0.29) is 5.60 Å². The number of ether oxygens (including phenoxy) is 1. The average Bonchev–Trinajstić information content (AvgIpc) is 3.18. The van der Waals surface area contributed by atoms with Crippen molar-refractivity contribution in [1.82, 2.24) is 5.32 Å². The van der Waals surface area contributed by atoms with Gasteiger partial charge in [0.15, 0.2) is 0 Å². The van der Waals surface area contributed by atoms with Crippen molar-refractivity contribution >= 4 is 0 Å². The molecule has 0 amide bonds. The lowest BCUT2D eigenvalue weighted by Crippen LogP contribution is -2.49. The van der Waals surface area contributed by atoms with Gasteiger partial charge in [0.2, 0.25) is 0 Å². The largest absolute Gasteiger partial charge is 0.373 e. The molecule has 0 radical (unpaired) electrons. The highest BCUT2D eigenvalue weighted by Gasteiger charge is 2.40. The van der Waals surface area contributed by atoms with Gasteiger partial charge in [-0.25, -0.2) is 0 Å². The van der Waals surface area contributed by atoms with Crippen molar-refractivity contribution in [3.05, 3.63) is 0 Å². The molecule has 0 aromatic heterocycles. The second-order valence-corrected chi connectivity index (χ2v) is 8.61. The highest BCUT2D eigenvalue weighted by Crippen LogP contribution is 2.43. The van der Waals surface area contributed by atoms with Crippen LogP contribution in [0.1, 0.15) is 73.1 Å². The maximum Gasteiger partial charge on any atom is 0.0806 e. The molecule has 2 nitrogen and oxygen atoms in total. The van der Waals surface area contributed by atoms with Crippen molar-refractivity contribution in [3.63, 3.8) is 0 Å². The van der Waals surface area contributed by atoms with E-state index in [9.17, 15) is 0 Å². The van der Waals surface area contributed by atoms with Crippen LogP contribution >= 0.6 is 0 Å².